The van der Waals surface area contributed by atoms with Gasteiger partial charge in [-0.3, -0.25) is 4.79 Å². The number of anilines is 1. The lowest BCUT2D eigenvalue weighted by Gasteiger charge is -2.10. The number of rotatable bonds is 7. The van der Waals surface area contributed by atoms with Crippen LogP contribution < -0.4 is 5.32 Å². The molecule has 0 fully saturated rings. The first-order valence-electron chi connectivity index (χ1n) is 8.85. The van der Waals surface area contributed by atoms with Crippen molar-refractivity contribution in [3.63, 3.8) is 0 Å². The third kappa shape index (κ3) is 5.27. The Morgan fingerprint density at radius 3 is 2.57 bits per heavy atom. The molecule has 0 saturated heterocycles. The molecule has 3 rings (SSSR count). The number of nitrogens with zero attached hydrogens (tertiary/aromatic N) is 2. The van der Waals surface area contributed by atoms with Crippen LogP contribution in [0.15, 0.2) is 52.9 Å². The predicted molar refractivity (Wildman–Crippen MR) is 117 cm³/mol. The number of hydrogen-bond acceptors (Lipinski definition) is 5. The molecule has 1 aromatic heterocycles. The number of halogens is 1. The van der Waals surface area contributed by atoms with Crippen LogP contribution in [0.3, 0.4) is 0 Å². The van der Waals surface area contributed by atoms with Crippen molar-refractivity contribution in [1.29, 1.82) is 0 Å². The van der Waals surface area contributed by atoms with Crippen LogP contribution in [0.1, 0.15) is 31.7 Å². The van der Waals surface area contributed by atoms with Crippen molar-refractivity contribution < 1.29 is 9.18 Å². The molecular weight excluding hydrogens is 413 g/mol. The fourth-order valence-corrected chi connectivity index (χ4v) is 4.68. The predicted octanol–water partition coefficient (Wildman–Crippen LogP) is 6.05. The maximum absolute atomic E-state index is 13.1. The van der Waals surface area contributed by atoms with Crippen LogP contribution in [0.4, 0.5) is 10.1 Å². The number of aromatic nitrogens is 2. The second kappa shape index (κ2) is 9.45. The molecule has 4 nitrogen and oxygen atoms in total. The molecule has 0 radical (unpaired) electrons. The van der Waals surface area contributed by atoms with E-state index in [2.05, 4.69) is 24.3 Å². The summed E-state index contributed by atoms with van der Waals surface area (Å²) in [7, 11) is 0. The van der Waals surface area contributed by atoms with E-state index in [-0.39, 0.29) is 17.5 Å². The van der Waals surface area contributed by atoms with Gasteiger partial charge in [0.25, 0.3) is 0 Å². The largest absolute Gasteiger partial charge is 0.325 e. The second-order valence-electron chi connectivity index (χ2n) is 6.29. The summed E-state index contributed by atoms with van der Waals surface area (Å²) in [6.45, 7) is 4.34. The highest BCUT2D eigenvalue weighted by atomic mass is 32.2. The third-order valence-corrected chi connectivity index (χ3v) is 6.67. The Hall–Kier alpha value is -2.03. The van der Waals surface area contributed by atoms with Gasteiger partial charge in [0.15, 0.2) is 8.29 Å². The van der Waals surface area contributed by atoms with Crippen molar-refractivity contribution in [2.75, 3.05) is 11.1 Å². The average Bonchev–Trinajstić information content (AvgIpc) is 3.07. The van der Waals surface area contributed by atoms with Gasteiger partial charge in [-0.25, -0.2) is 9.07 Å². The molecular formula is C20H20FN3OS3. The van der Waals surface area contributed by atoms with Gasteiger partial charge >= 0.3 is 0 Å². The van der Waals surface area contributed by atoms with Gasteiger partial charge in [-0.05, 0) is 66.5 Å². The zero-order valence-corrected chi connectivity index (χ0v) is 18.0. The van der Waals surface area contributed by atoms with E-state index >= 15 is 0 Å². The molecule has 0 bridgehead atoms. The highest BCUT2D eigenvalue weighted by Gasteiger charge is 2.10. The molecule has 1 N–H and O–H groups in total. The lowest BCUT2D eigenvalue weighted by atomic mass is 9.99. The number of hydrogen-bond donors (Lipinski definition) is 1. The molecule has 1 unspecified atom stereocenters. The first kappa shape index (κ1) is 20.7. The number of carbonyl (C=O) groups excluding carboxylic acids is 1. The van der Waals surface area contributed by atoms with E-state index in [0.717, 1.165) is 12.1 Å². The Morgan fingerprint density at radius 2 is 1.93 bits per heavy atom. The van der Waals surface area contributed by atoms with E-state index in [9.17, 15) is 9.18 Å². The van der Waals surface area contributed by atoms with Crippen LogP contribution in [0.5, 0.6) is 0 Å². The summed E-state index contributed by atoms with van der Waals surface area (Å²) >= 11 is 7.98. The van der Waals surface area contributed by atoms with Crippen molar-refractivity contribution in [3.05, 3.63) is 63.9 Å². The average molecular weight is 434 g/mol. The molecule has 1 heterocycles. The van der Waals surface area contributed by atoms with Crippen LogP contribution >= 0.6 is 35.3 Å². The van der Waals surface area contributed by atoms with Gasteiger partial charge in [-0.1, -0.05) is 49.1 Å². The quantitative estimate of drug-likeness (QED) is 0.364. The number of amides is 1. The summed E-state index contributed by atoms with van der Waals surface area (Å²) in [6, 6.07) is 13.9. The number of carbonyl (C=O) groups is 1. The Bertz CT molecular complexity index is 997. The molecule has 0 spiro atoms. The molecule has 8 heteroatoms. The smallest absolute Gasteiger partial charge is 0.234 e. The molecule has 0 saturated carbocycles. The molecule has 0 aliphatic heterocycles. The Morgan fingerprint density at radius 1 is 1.25 bits per heavy atom. The molecule has 0 aliphatic rings. The summed E-state index contributed by atoms with van der Waals surface area (Å²) < 4.78 is 15.9. The lowest BCUT2D eigenvalue weighted by molar-refractivity contribution is -0.113. The summed E-state index contributed by atoms with van der Waals surface area (Å²) in [5, 5.41) is 7.32. The zero-order valence-electron chi connectivity index (χ0n) is 15.5. The van der Waals surface area contributed by atoms with Crippen LogP contribution in [0.25, 0.3) is 5.69 Å². The highest BCUT2D eigenvalue weighted by molar-refractivity contribution is 8.01. The van der Waals surface area contributed by atoms with Crippen molar-refractivity contribution in [2.24, 2.45) is 0 Å². The molecule has 1 atom stereocenters. The van der Waals surface area contributed by atoms with Gasteiger partial charge in [0.05, 0.1) is 11.4 Å². The minimum atomic E-state index is -0.311. The standard InChI is InChI=1S/C20H20FN3OS3/c1-3-13(2)14-4-8-16(9-5-14)22-18(25)12-27-19-23-24(20(26)28-19)17-10-6-15(21)7-11-17/h4-11,13H,3,12H2,1-2H3,(H,22,25). The van der Waals surface area contributed by atoms with Gasteiger partial charge in [-0.2, -0.15) is 0 Å². The van der Waals surface area contributed by atoms with E-state index in [0.29, 0.717) is 19.9 Å². The molecule has 2 aromatic carbocycles. The molecule has 3 aromatic rings. The first-order chi connectivity index (χ1) is 13.5. The number of thioether (sulfide) groups is 1. The Balaban J connectivity index is 1.58. The van der Waals surface area contributed by atoms with E-state index in [1.807, 2.05) is 24.3 Å². The van der Waals surface area contributed by atoms with Crippen molar-refractivity contribution in [3.8, 4) is 5.69 Å². The molecule has 1 amide bonds. The van der Waals surface area contributed by atoms with Gasteiger partial charge in [-0.15, -0.1) is 5.10 Å². The summed E-state index contributed by atoms with van der Waals surface area (Å²) in [4.78, 5) is 12.2. The summed E-state index contributed by atoms with van der Waals surface area (Å²) in [6.07, 6.45) is 1.08. The van der Waals surface area contributed by atoms with Crippen LogP contribution in [0.2, 0.25) is 0 Å². The maximum Gasteiger partial charge on any atom is 0.234 e. The SMILES string of the molecule is CCC(C)c1ccc(NC(=O)CSc2nn(-c3ccc(F)cc3)c(=S)s2)cc1. The minimum absolute atomic E-state index is 0.101. The monoisotopic (exact) mass is 433 g/mol. The minimum Gasteiger partial charge on any atom is -0.325 e. The molecule has 28 heavy (non-hydrogen) atoms. The van der Waals surface area contributed by atoms with E-state index in [1.54, 1.807) is 16.8 Å². The van der Waals surface area contributed by atoms with Crippen molar-refractivity contribution in [2.45, 2.75) is 30.5 Å². The van der Waals surface area contributed by atoms with Gasteiger partial charge in [0.2, 0.25) is 5.91 Å². The third-order valence-electron chi connectivity index (χ3n) is 4.30. The van der Waals surface area contributed by atoms with Crippen LogP contribution in [0, 0.1) is 9.77 Å². The zero-order chi connectivity index (χ0) is 20.1. The van der Waals surface area contributed by atoms with Crippen molar-refractivity contribution in [1.82, 2.24) is 9.78 Å². The van der Waals surface area contributed by atoms with Crippen molar-refractivity contribution >= 4 is 46.9 Å². The molecule has 0 aliphatic carbocycles. The summed E-state index contributed by atoms with van der Waals surface area (Å²) in [5.41, 5.74) is 2.74. The number of benzene rings is 2. The lowest BCUT2D eigenvalue weighted by Crippen LogP contribution is -2.14. The van der Waals surface area contributed by atoms with E-state index in [1.165, 1.54) is 40.8 Å². The van der Waals surface area contributed by atoms with Gasteiger partial charge in [0.1, 0.15) is 5.82 Å². The summed E-state index contributed by atoms with van der Waals surface area (Å²) in [5.74, 6) is 0.328. The maximum atomic E-state index is 13.1. The van der Waals surface area contributed by atoms with Gasteiger partial charge in [0, 0.05) is 5.69 Å². The van der Waals surface area contributed by atoms with Gasteiger partial charge < -0.3 is 5.32 Å². The number of nitrogens with one attached hydrogen (secondary N) is 1. The highest BCUT2D eigenvalue weighted by Crippen LogP contribution is 2.25. The Labute approximate surface area is 176 Å². The molecule has 146 valence electrons. The first-order valence-corrected chi connectivity index (χ1v) is 11.1. The fourth-order valence-electron chi connectivity index (χ4n) is 2.52. The topological polar surface area (TPSA) is 46.9 Å². The second-order valence-corrected chi connectivity index (χ2v) is 9.14. The van der Waals surface area contributed by atoms with Crippen LogP contribution in [-0.4, -0.2) is 21.4 Å². The fraction of sp³-hybridized carbons (Fsp3) is 0.250. The normalized spacial score (nSPS) is 12.0. The van der Waals surface area contributed by atoms with E-state index in [4.69, 9.17) is 12.2 Å². The Kier molecular flexibility index (Phi) is 6.98. The van der Waals surface area contributed by atoms with E-state index < -0.39 is 0 Å². The van der Waals surface area contributed by atoms with Crippen LogP contribution in [-0.2, 0) is 4.79 Å².